The number of benzene rings is 1. The number of nitrogens with zero attached hydrogens (tertiary/aromatic N) is 1. The van der Waals surface area contributed by atoms with Gasteiger partial charge in [-0.1, -0.05) is 0 Å². The largest absolute Gasteiger partial charge is 0.497 e. The first-order valence-electron chi connectivity index (χ1n) is 8.38. The lowest BCUT2D eigenvalue weighted by Crippen LogP contribution is -2.48. The number of methoxy groups -OCH3 is 2. The van der Waals surface area contributed by atoms with Gasteiger partial charge in [0.25, 0.3) is 0 Å². The molecule has 2 N–H and O–H groups in total. The Kier molecular flexibility index (Phi) is 9.19. The van der Waals surface area contributed by atoms with Gasteiger partial charge in [0.15, 0.2) is 0 Å². The summed E-state index contributed by atoms with van der Waals surface area (Å²) < 4.78 is 36.9. The molecule has 2 amide bonds. The number of rotatable bonds is 11. The summed E-state index contributed by atoms with van der Waals surface area (Å²) in [7, 11) is 0.611. The normalized spacial score (nSPS) is 12.3. The highest BCUT2D eigenvalue weighted by Crippen LogP contribution is 2.15. The van der Waals surface area contributed by atoms with Crippen LogP contribution < -0.4 is 14.8 Å². The van der Waals surface area contributed by atoms with Crippen LogP contribution in [0.2, 0.25) is 0 Å². The van der Waals surface area contributed by atoms with Gasteiger partial charge in [-0.3, -0.25) is 9.59 Å². The maximum atomic E-state index is 12.4. The number of carbonyl (C=O) groups is 2. The van der Waals surface area contributed by atoms with Gasteiger partial charge in [-0.05, 0) is 37.6 Å². The molecule has 1 atom stereocenters. The molecule has 1 aromatic carbocycles. The van der Waals surface area contributed by atoms with Crippen molar-refractivity contribution in [3.8, 4) is 5.75 Å². The van der Waals surface area contributed by atoms with Crippen LogP contribution in [0.15, 0.2) is 29.2 Å². The van der Waals surface area contributed by atoms with Crippen molar-refractivity contribution in [3.63, 3.8) is 0 Å². The van der Waals surface area contributed by atoms with E-state index in [4.69, 9.17) is 9.47 Å². The van der Waals surface area contributed by atoms with Gasteiger partial charge in [0, 0.05) is 27.3 Å². The van der Waals surface area contributed by atoms with Crippen LogP contribution in [0.25, 0.3) is 0 Å². The summed E-state index contributed by atoms with van der Waals surface area (Å²) >= 11 is 0. The third kappa shape index (κ3) is 7.53. The maximum Gasteiger partial charge on any atom is 0.241 e. The van der Waals surface area contributed by atoms with Crippen LogP contribution in [-0.4, -0.2) is 72.1 Å². The average Bonchev–Trinajstić information content (AvgIpc) is 2.64. The molecule has 0 aliphatic heterocycles. The van der Waals surface area contributed by atoms with Gasteiger partial charge in [-0.25, -0.2) is 8.42 Å². The van der Waals surface area contributed by atoms with Gasteiger partial charge in [0.1, 0.15) is 5.75 Å². The minimum atomic E-state index is -3.88. The van der Waals surface area contributed by atoms with Crippen LogP contribution in [0, 0.1) is 0 Å². The molecule has 27 heavy (non-hydrogen) atoms. The molecule has 1 aromatic rings. The standard InChI is InChI=1S/C17H27N3O6S/c1-13(17(22)20(2)12-16(21)18-10-5-11-25-3)19-27(23,24)15-8-6-14(26-4)7-9-15/h6-9,13,19H,5,10-12H2,1-4H3,(H,18,21)/t13-/m0/s1. The molecule has 0 aliphatic carbocycles. The lowest BCUT2D eigenvalue weighted by molar-refractivity contribution is -0.135. The van der Waals surface area contributed by atoms with Crippen LogP contribution in [0.5, 0.6) is 5.75 Å². The highest BCUT2D eigenvalue weighted by Gasteiger charge is 2.25. The molecule has 0 fully saturated rings. The monoisotopic (exact) mass is 401 g/mol. The van der Waals surface area contributed by atoms with E-state index in [2.05, 4.69) is 10.0 Å². The smallest absolute Gasteiger partial charge is 0.241 e. The zero-order valence-corrected chi connectivity index (χ0v) is 16.8. The molecular formula is C17H27N3O6S. The van der Waals surface area contributed by atoms with E-state index < -0.39 is 22.0 Å². The molecule has 1 rings (SSSR count). The van der Waals surface area contributed by atoms with Crippen molar-refractivity contribution < 1.29 is 27.5 Å². The van der Waals surface area contributed by atoms with Crippen LogP contribution in [0.1, 0.15) is 13.3 Å². The Bertz CT molecular complexity index is 721. The molecule has 9 nitrogen and oxygen atoms in total. The first-order valence-corrected chi connectivity index (χ1v) is 9.86. The number of ether oxygens (including phenoxy) is 2. The van der Waals surface area contributed by atoms with Crippen molar-refractivity contribution in [1.29, 1.82) is 0 Å². The molecule has 0 aliphatic rings. The Morgan fingerprint density at radius 3 is 2.37 bits per heavy atom. The van der Waals surface area contributed by atoms with Gasteiger partial charge in [-0.2, -0.15) is 4.72 Å². The fraction of sp³-hybridized carbons (Fsp3) is 0.529. The zero-order chi connectivity index (χ0) is 20.4. The number of nitrogens with one attached hydrogen (secondary N) is 2. The van der Waals surface area contributed by atoms with E-state index in [-0.39, 0.29) is 17.3 Å². The van der Waals surface area contributed by atoms with Crippen LogP contribution in [0.4, 0.5) is 0 Å². The highest BCUT2D eigenvalue weighted by atomic mass is 32.2. The fourth-order valence-electron chi connectivity index (χ4n) is 2.23. The van der Waals surface area contributed by atoms with Crippen molar-refractivity contribution in [3.05, 3.63) is 24.3 Å². The summed E-state index contributed by atoms with van der Waals surface area (Å²) in [6.07, 6.45) is 0.665. The highest BCUT2D eigenvalue weighted by molar-refractivity contribution is 7.89. The maximum absolute atomic E-state index is 12.4. The lowest BCUT2D eigenvalue weighted by atomic mass is 10.3. The molecule has 0 saturated heterocycles. The summed E-state index contributed by atoms with van der Waals surface area (Å²) in [6, 6.07) is 4.77. The molecule has 0 unspecified atom stereocenters. The van der Waals surface area contributed by atoms with E-state index >= 15 is 0 Å². The third-order valence-electron chi connectivity index (χ3n) is 3.68. The van der Waals surface area contributed by atoms with Crippen molar-refractivity contribution in [1.82, 2.24) is 14.9 Å². The van der Waals surface area contributed by atoms with E-state index in [9.17, 15) is 18.0 Å². The van der Waals surface area contributed by atoms with Crippen LogP contribution in [-0.2, 0) is 24.3 Å². The number of hydrogen-bond donors (Lipinski definition) is 2. The Balaban J connectivity index is 2.59. The predicted molar refractivity (Wildman–Crippen MR) is 99.9 cm³/mol. The zero-order valence-electron chi connectivity index (χ0n) is 16.0. The van der Waals surface area contributed by atoms with E-state index in [0.717, 1.165) is 0 Å². The van der Waals surface area contributed by atoms with E-state index in [1.807, 2.05) is 0 Å². The summed E-state index contributed by atoms with van der Waals surface area (Å²) in [5.41, 5.74) is 0. The average molecular weight is 401 g/mol. The van der Waals surface area contributed by atoms with E-state index in [1.54, 1.807) is 7.11 Å². The summed E-state index contributed by atoms with van der Waals surface area (Å²) in [4.78, 5) is 25.3. The van der Waals surface area contributed by atoms with Crippen LogP contribution >= 0.6 is 0 Å². The minimum absolute atomic E-state index is 0.0153. The Labute approximate surface area is 160 Å². The summed E-state index contributed by atoms with van der Waals surface area (Å²) in [5, 5.41) is 2.66. The molecule has 0 radical (unpaired) electrons. The Morgan fingerprint density at radius 1 is 1.19 bits per heavy atom. The van der Waals surface area contributed by atoms with Crippen molar-refractivity contribution in [2.75, 3.05) is 41.0 Å². The second-order valence-electron chi connectivity index (χ2n) is 5.91. The van der Waals surface area contributed by atoms with Crippen molar-refractivity contribution in [2.24, 2.45) is 0 Å². The van der Waals surface area contributed by atoms with Gasteiger partial charge >= 0.3 is 0 Å². The first kappa shape index (κ1) is 22.9. The van der Waals surface area contributed by atoms with Gasteiger partial charge in [-0.15, -0.1) is 0 Å². The van der Waals surface area contributed by atoms with Gasteiger partial charge in [0.05, 0.1) is 24.6 Å². The molecule has 0 heterocycles. The molecule has 0 bridgehead atoms. The fourth-order valence-corrected chi connectivity index (χ4v) is 3.43. The Morgan fingerprint density at radius 2 is 1.81 bits per heavy atom. The number of sulfonamides is 1. The van der Waals surface area contributed by atoms with Crippen molar-refractivity contribution in [2.45, 2.75) is 24.3 Å². The second kappa shape index (κ2) is 10.9. The predicted octanol–water partition coefficient (Wildman–Crippen LogP) is -0.0269. The van der Waals surface area contributed by atoms with Gasteiger partial charge in [0.2, 0.25) is 21.8 Å². The quantitative estimate of drug-likeness (QED) is 0.504. The third-order valence-corrected chi connectivity index (χ3v) is 5.23. The number of hydrogen-bond acceptors (Lipinski definition) is 6. The summed E-state index contributed by atoms with van der Waals surface area (Å²) in [6.45, 7) is 2.23. The summed E-state index contributed by atoms with van der Waals surface area (Å²) in [5.74, 6) is -0.319. The number of amides is 2. The topological polar surface area (TPSA) is 114 Å². The van der Waals surface area contributed by atoms with Crippen molar-refractivity contribution >= 4 is 21.8 Å². The molecule has 0 saturated carbocycles. The molecule has 0 spiro atoms. The Hall–Kier alpha value is -2.17. The second-order valence-corrected chi connectivity index (χ2v) is 7.62. The molecular weight excluding hydrogens is 374 g/mol. The molecule has 10 heteroatoms. The number of likely N-dealkylation sites (N-methyl/N-ethyl adjacent to an activating group) is 1. The SMILES string of the molecule is COCCCNC(=O)CN(C)C(=O)[C@H](C)NS(=O)(=O)c1ccc(OC)cc1. The molecule has 152 valence electrons. The van der Waals surface area contributed by atoms with E-state index in [1.165, 1.54) is 50.2 Å². The molecule has 0 aromatic heterocycles. The van der Waals surface area contributed by atoms with Crippen LogP contribution in [0.3, 0.4) is 0 Å². The minimum Gasteiger partial charge on any atom is -0.497 e. The number of carbonyl (C=O) groups excluding carboxylic acids is 2. The lowest BCUT2D eigenvalue weighted by Gasteiger charge is -2.21. The van der Waals surface area contributed by atoms with E-state index in [0.29, 0.717) is 25.3 Å². The van der Waals surface area contributed by atoms with Gasteiger partial charge < -0.3 is 19.7 Å². The first-order chi connectivity index (χ1) is 12.7.